The highest BCUT2D eigenvalue weighted by Crippen LogP contribution is 2.25. The first-order valence-corrected chi connectivity index (χ1v) is 6.34. The standard InChI is InChI=1S/C14H20FNO/c15-13-7-5-12(6-8-13)14(16)10-17-9-11-3-1-2-4-11/h5-8,11,14H,1-4,9-10,16H2. The molecule has 2 N–H and O–H groups in total. The van der Waals surface area contributed by atoms with Gasteiger partial charge in [-0.3, -0.25) is 0 Å². The van der Waals surface area contributed by atoms with Crippen molar-refractivity contribution in [2.45, 2.75) is 31.7 Å². The second-order valence-electron chi connectivity index (χ2n) is 4.85. The average molecular weight is 237 g/mol. The molecule has 1 aromatic carbocycles. The highest BCUT2D eigenvalue weighted by molar-refractivity contribution is 5.19. The topological polar surface area (TPSA) is 35.2 Å². The van der Waals surface area contributed by atoms with Crippen LogP contribution < -0.4 is 5.73 Å². The molecule has 1 fully saturated rings. The summed E-state index contributed by atoms with van der Waals surface area (Å²) in [6.07, 6.45) is 5.23. The van der Waals surface area contributed by atoms with E-state index in [1.165, 1.54) is 37.8 Å². The normalized spacial score (nSPS) is 18.5. The van der Waals surface area contributed by atoms with Gasteiger partial charge in [-0.05, 0) is 36.5 Å². The molecule has 1 aliphatic rings. The molecule has 17 heavy (non-hydrogen) atoms. The van der Waals surface area contributed by atoms with Crippen molar-refractivity contribution in [3.05, 3.63) is 35.6 Å². The maximum atomic E-state index is 12.7. The van der Waals surface area contributed by atoms with Crippen LogP contribution in [0.5, 0.6) is 0 Å². The zero-order chi connectivity index (χ0) is 12.1. The van der Waals surface area contributed by atoms with Crippen molar-refractivity contribution in [3.8, 4) is 0 Å². The van der Waals surface area contributed by atoms with E-state index in [1.54, 1.807) is 12.1 Å². The summed E-state index contributed by atoms with van der Waals surface area (Å²) < 4.78 is 18.4. The maximum Gasteiger partial charge on any atom is 0.123 e. The summed E-state index contributed by atoms with van der Waals surface area (Å²) in [4.78, 5) is 0. The van der Waals surface area contributed by atoms with Crippen LogP contribution in [0.15, 0.2) is 24.3 Å². The molecule has 2 nitrogen and oxygen atoms in total. The van der Waals surface area contributed by atoms with Crippen LogP contribution in [0.25, 0.3) is 0 Å². The third-order valence-corrected chi connectivity index (χ3v) is 3.42. The highest BCUT2D eigenvalue weighted by atomic mass is 19.1. The van der Waals surface area contributed by atoms with Gasteiger partial charge >= 0.3 is 0 Å². The summed E-state index contributed by atoms with van der Waals surface area (Å²) in [7, 11) is 0. The third-order valence-electron chi connectivity index (χ3n) is 3.42. The fourth-order valence-electron chi connectivity index (χ4n) is 2.34. The first-order chi connectivity index (χ1) is 8.25. The number of hydrogen-bond acceptors (Lipinski definition) is 2. The van der Waals surface area contributed by atoms with Crippen molar-refractivity contribution in [2.75, 3.05) is 13.2 Å². The number of nitrogens with two attached hydrogens (primary N) is 1. The highest BCUT2D eigenvalue weighted by Gasteiger charge is 2.15. The molecule has 0 amide bonds. The first kappa shape index (κ1) is 12.5. The summed E-state index contributed by atoms with van der Waals surface area (Å²) in [5, 5.41) is 0. The minimum absolute atomic E-state index is 0.156. The Morgan fingerprint density at radius 1 is 1.24 bits per heavy atom. The Morgan fingerprint density at radius 2 is 1.88 bits per heavy atom. The van der Waals surface area contributed by atoms with E-state index in [4.69, 9.17) is 10.5 Å². The minimum Gasteiger partial charge on any atom is -0.379 e. The van der Waals surface area contributed by atoms with Crippen LogP contribution in [-0.2, 0) is 4.74 Å². The van der Waals surface area contributed by atoms with Gasteiger partial charge in [0.15, 0.2) is 0 Å². The van der Waals surface area contributed by atoms with Crippen LogP contribution in [0.2, 0.25) is 0 Å². The molecule has 0 saturated heterocycles. The molecule has 0 spiro atoms. The molecular formula is C14H20FNO. The van der Waals surface area contributed by atoms with E-state index in [1.807, 2.05) is 0 Å². The number of rotatable bonds is 5. The van der Waals surface area contributed by atoms with E-state index in [0.717, 1.165) is 18.1 Å². The predicted molar refractivity (Wildman–Crippen MR) is 66.1 cm³/mol. The molecule has 1 aliphatic carbocycles. The molecule has 1 saturated carbocycles. The maximum absolute atomic E-state index is 12.7. The summed E-state index contributed by atoms with van der Waals surface area (Å²) >= 11 is 0. The molecule has 0 heterocycles. The van der Waals surface area contributed by atoms with Gasteiger partial charge in [0.05, 0.1) is 12.6 Å². The van der Waals surface area contributed by atoms with Gasteiger partial charge in [0.1, 0.15) is 5.82 Å². The molecule has 0 aromatic heterocycles. The number of hydrogen-bond donors (Lipinski definition) is 1. The van der Waals surface area contributed by atoms with Crippen LogP contribution >= 0.6 is 0 Å². The largest absolute Gasteiger partial charge is 0.379 e. The van der Waals surface area contributed by atoms with E-state index in [2.05, 4.69) is 0 Å². The van der Waals surface area contributed by atoms with E-state index in [0.29, 0.717) is 6.61 Å². The summed E-state index contributed by atoms with van der Waals surface area (Å²) in [5.74, 6) is 0.489. The van der Waals surface area contributed by atoms with Crippen LogP contribution in [0.4, 0.5) is 4.39 Å². The van der Waals surface area contributed by atoms with Gasteiger partial charge in [-0.2, -0.15) is 0 Å². The smallest absolute Gasteiger partial charge is 0.123 e. The van der Waals surface area contributed by atoms with E-state index >= 15 is 0 Å². The molecule has 1 aromatic rings. The lowest BCUT2D eigenvalue weighted by Gasteiger charge is -2.15. The van der Waals surface area contributed by atoms with Gasteiger partial charge in [-0.15, -0.1) is 0 Å². The SMILES string of the molecule is NC(COCC1CCCC1)c1ccc(F)cc1. The van der Waals surface area contributed by atoms with Gasteiger partial charge in [0.2, 0.25) is 0 Å². The lowest BCUT2D eigenvalue weighted by molar-refractivity contribution is 0.0904. The first-order valence-electron chi connectivity index (χ1n) is 6.34. The van der Waals surface area contributed by atoms with Gasteiger partial charge in [-0.25, -0.2) is 4.39 Å². The Kier molecular flexibility index (Phi) is 4.51. The lowest BCUT2D eigenvalue weighted by Crippen LogP contribution is -2.19. The van der Waals surface area contributed by atoms with Crippen LogP contribution in [0.1, 0.15) is 37.3 Å². The fraction of sp³-hybridized carbons (Fsp3) is 0.571. The second kappa shape index (κ2) is 6.12. The van der Waals surface area contributed by atoms with Crippen LogP contribution in [0.3, 0.4) is 0 Å². The van der Waals surface area contributed by atoms with E-state index < -0.39 is 0 Å². The zero-order valence-electron chi connectivity index (χ0n) is 10.1. The summed E-state index contributed by atoms with van der Waals surface area (Å²) in [6, 6.07) is 6.16. The van der Waals surface area contributed by atoms with E-state index in [-0.39, 0.29) is 11.9 Å². The van der Waals surface area contributed by atoms with Crippen LogP contribution in [-0.4, -0.2) is 13.2 Å². The molecule has 94 valence electrons. The molecule has 2 rings (SSSR count). The Bertz CT molecular complexity index is 333. The van der Waals surface area contributed by atoms with Crippen molar-refractivity contribution < 1.29 is 9.13 Å². The Hall–Kier alpha value is -0.930. The van der Waals surface area contributed by atoms with Gasteiger partial charge < -0.3 is 10.5 Å². The molecule has 0 radical (unpaired) electrons. The molecule has 1 unspecified atom stereocenters. The van der Waals surface area contributed by atoms with Crippen molar-refractivity contribution in [1.82, 2.24) is 0 Å². The predicted octanol–water partition coefficient (Wildman–Crippen LogP) is 3.03. The molecule has 0 aliphatic heterocycles. The third kappa shape index (κ3) is 3.79. The monoisotopic (exact) mass is 237 g/mol. The van der Waals surface area contributed by atoms with E-state index in [9.17, 15) is 4.39 Å². The molecule has 3 heteroatoms. The lowest BCUT2D eigenvalue weighted by atomic mass is 10.1. The van der Waals surface area contributed by atoms with Gasteiger partial charge in [0.25, 0.3) is 0 Å². The minimum atomic E-state index is -0.229. The second-order valence-corrected chi connectivity index (χ2v) is 4.85. The Morgan fingerprint density at radius 3 is 2.53 bits per heavy atom. The van der Waals surface area contributed by atoms with Crippen molar-refractivity contribution in [1.29, 1.82) is 0 Å². The summed E-state index contributed by atoms with van der Waals surface area (Å²) in [6.45, 7) is 1.33. The number of benzene rings is 1. The number of halogens is 1. The van der Waals surface area contributed by atoms with Crippen LogP contribution in [0, 0.1) is 11.7 Å². The Balaban J connectivity index is 1.72. The average Bonchev–Trinajstić information content (AvgIpc) is 2.83. The quantitative estimate of drug-likeness (QED) is 0.854. The summed E-state index contributed by atoms with van der Waals surface area (Å²) in [5.41, 5.74) is 6.91. The van der Waals surface area contributed by atoms with Gasteiger partial charge in [0, 0.05) is 6.61 Å². The van der Waals surface area contributed by atoms with Crippen molar-refractivity contribution in [3.63, 3.8) is 0 Å². The zero-order valence-corrected chi connectivity index (χ0v) is 10.1. The molecular weight excluding hydrogens is 217 g/mol. The van der Waals surface area contributed by atoms with Crippen molar-refractivity contribution in [2.24, 2.45) is 11.7 Å². The van der Waals surface area contributed by atoms with Gasteiger partial charge in [-0.1, -0.05) is 25.0 Å². The fourth-order valence-corrected chi connectivity index (χ4v) is 2.34. The molecule has 0 bridgehead atoms. The molecule has 1 atom stereocenters. The Labute approximate surface area is 102 Å². The van der Waals surface area contributed by atoms with Crippen molar-refractivity contribution >= 4 is 0 Å². The number of ether oxygens (including phenoxy) is 1.